The third-order valence-corrected chi connectivity index (χ3v) is 2.84. The molecule has 19 heavy (non-hydrogen) atoms. The first kappa shape index (κ1) is 13.5. The third-order valence-electron chi connectivity index (χ3n) is 2.84. The third kappa shape index (κ3) is 2.33. The van der Waals surface area contributed by atoms with E-state index in [9.17, 15) is 22.7 Å². The first-order valence-electron chi connectivity index (χ1n) is 5.46. The minimum absolute atomic E-state index is 0.354. The van der Waals surface area contributed by atoms with Gasteiger partial charge in [0.25, 0.3) is 0 Å². The first-order valence-corrected chi connectivity index (χ1v) is 5.46. The lowest BCUT2D eigenvalue weighted by atomic mass is 9.85. The monoisotopic (exact) mass is 270 g/mol. The van der Waals surface area contributed by atoms with E-state index < -0.39 is 23.2 Å². The van der Waals surface area contributed by atoms with Gasteiger partial charge in [-0.15, -0.1) is 0 Å². The van der Waals surface area contributed by atoms with Crippen LogP contribution in [0.4, 0.5) is 17.6 Å². The topological polar surface area (TPSA) is 20.2 Å². The van der Waals surface area contributed by atoms with Crippen molar-refractivity contribution in [1.82, 2.24) is 0 Å². The highest BCUT2D eigenvalue weighted by Gasteiger charge is 2.56. The van der Waals surface area contributed by atoms with Crippen molar-refractivity contribution >= 4 is 0 Å². The van der Waals surface area contributed by atoms with E-state index >= 15 is 0 Å². The van der Waals surface area contributed by atoms with Crippen LogP contribution in [0.1, 0.15) is 11.1 Å². The van der Waals surface area contributed by atoms with Gasteiger partial charge in [0.2, 0.25) is 5.60 Å². The van der Waals surface area contributed by atoms with Gasteiger partial charge in [0, 0.05) is 5.56 Å². The fraction of sp³-hybridized carbons (Fsp3) is 0.143. The van der Waals surface area contributed by atoms with Crippen molar-refractivity contribution in [2.45, 2.75) is 11.8 Å². The van der Waals surface area contributed by atoms with Crippen molar-refractivity contribution in [3.05, 3.63) is 71.5 Å². The molecule has 0 aliphatic rings. The number of rotatable bonds is 2. The fourth-order valence-electron chi connectivity index (χ4n) is 1.89. The summed E-state index contributed by atoms with van der Waals surface area (Å²) in [5, 5.41) is 10.1. The van der Waals surface area contributed by atoms with Crippen molar-refractivity contribution in [2.24, 2.45) is 0 Å². The molecule has 0 radical (unpaired) electrons. The fourth-order valence-corrected chi connectivity index (χ4v) is 1.89. The summed E-state index contributed by atoms with van der Waals surface area (Å²) in [6.45, 7) is 0. The molecule has 0 bridgehead atoms. The lowest BCUT2D eigenvalue weighted by molar-refractivity contribution is -0.248. The molecule has 0 saturated heterocycles. The maximum absolute atomic E-state index is 13.2. The van der Waals surface area contributed by atoms with Crippen LogP contribution in [0.25, 0.3) is 0 Å². The summed E-state index contributed by atoms with van der Waals surface area (Å²) in [6, 6.07) is 10.5. The predicted molar refractivity (Wildman–Crippen MR) is 61.9 cm³/mol. The Hall–Kier alpha value is -1.88. The number of hydrogen-bond donors (Lipinski definition) is 1. The Labute approximate surface area is 107 Å². The average molecular weight is 270 g/mol. The molecule has 0 aromatic heterocycles. The molecule has 1 N–H and O–H groups in total. The molecule has 0 aliphatic heterocycles. The maximum atomic E-state index is 13.2. The van der Waals surface area contributed by atoms with Gasteiger partial charge in [0.1, 0.15) is 5.82 Å². The van der Waals surface area contributed by atoms with Crippen LogP contribution in [0.2, 0.25) is 0 Å². The summed E-state index contributed by atoms with van der Waals surface area (Å²) in [4.78, 5) is 0. The molecule has 0 heterocycles. The van der Waals surface area contributed by atoms with Gasteiger partial charge in [0.15, 0.2) is 0 Å². The Bertz CT molecular complexity index is 565. The van der Waals surface area contributed by atoms with Crippen molar-refractivity contribution in [3.63, 3.8) is 0 Å². The Balaban J connectivity index is 2.66. The van der Waals surface area contributed by atoms with Gasteiger partial charge in [-0.1, -0.05) is 42.5 Å². The first-order chi connectivity index (χ1) is 8.85. The number of aliphatic hydroxyl groups is 1. The molecular weight excluding hydrogens is 260 g/mol. The zero-order chi connectivity index (χ0) is 14.1. The smallest absolute Gasteiger partial charge is 0.372 e. The van der Waals surface area contributed by atoms with E-state index in [1.54, 1.807) is 0 Å². The van der Waals surface area contributed by atoms with Gasteiger partial charge in [-0.3, -0.25) is 0 Å². The SMILES string of the molecule is OC(c1ccccc1)(c1cccc(F)c1)C(F)(F)F. The van der Waals surface area contributed by atoms with Gasteiger partial charge in [-0.2, -0.15) is 13.2 Å². The lowest BCUT2D eigenvalue weighted by Crippen LogP contribution is -2.43. The number of benzene rings is 2. The van der Waals surface area contributed by atoms with E-state index in [0.29, 0.717) is 6.07 Å². The highest BCUT2D eigenvalue weighted by atomic mass is 19.4. The summed E-state index contributed by atoms with van der Waals surface area (Å²) in [5.74, 6) is -0.837. The average Bonchev–Trinajstić information content (AvgIpc) is 2.37. The second-order valence-corrected chi connectivity index (χ2v) is 4.08. The highest BCUT2D eigenvalue weighted by Crippen LogP contribution is 2.44. The van der Waals surface area contributed by atoms with Crippen molar-refractivity contribution < 1.29 is 22.7 Å². The maximum Gasteiger partial charge on any atom is 0.425 e. The Morgan fingerprint density at radius 3 is 1.89 bits per heavy atom. The van der Waals surface area contributed by atoms with Crippen molar-refractivity contribution in [2.75, 3.05) is 0 Å². The Morgan fingerprint density at radius 1 is 0.789 bits per heavy atom. The van der Waals surface area contributed by atoms with E-state index in [-0.39, 0.29) is 5.56 Å². The normalized spacial score (nSPS) is 15.0. The summed E-state index contributed by atoms with van der Waals surface area (Å²) in [7, 11) is 0. The minimum Gasteiger partial charge on any atom is -0.372 e. The van der Waals surface area contributed by atoms with Crippen LogP contribution in [-0.4, -0.2) is 11.3 Å². The summed E-state index contributed by atoms with van der Waals surface area (Å²) in [5.41, 5.74) is -4.13. The zero-order valence-corrected chi connectivity index (χ0v) is 9.66. The van der Waals surface area contributed by atoms with Crippen molar-refractivity contribution in [3.8, 4) is 0 Å². The Morgan fingerprint density at radius 2 is 1.37 bits per heavy atom. The summed E-state index contributed by atoms with van der Waals surface area (Å²) < 4.78 is 52.8. The van der Waals surface area contributed by atoms with E-state index in [4.69, 9.17) is 0 Å². The second-order valence-electron chi connectivity index (χ2n) is 4.08. The molecule has 100 valence electrons. The van der Waals surface area contributed by atoms with Crippen LogP contribution in [0.3, 0.4) is 0 Å². The molecular formula is C14H10F4O. The van der Waals surface area contributed by atoms with E-state index in [1.807, 2.05) is 0 Å². The number of alkyl halides is 3. The molecule has 2 aromatic rings. The molecule has 2 aromatic carbocycles. The van der Waals surface area contributed by atoms with Gasteiger partial charge < -0.3 is 5.11 Å². The van der Waals surface area contributed by atoms with Gasteiger partial charge >= 0.3 is 6.18 Å². The van der Waals surface area contributed by atoms with Crippen LogP contribution >= 0.6 is 0 Å². The minimum atomic E-state index is -4.96. The molecule has 0 amide bonds. The molecule has 1 atom stereocenters. The van der Waals surface area contributed by atoms with Gasteiger partial charge in [-0.25, -0.2) is 4.39 Å². The number of halogens is 4. The highest BCUT2D eigenvalue weighted by molar-refractivity contribution is 5.38. The van der Waals surface area contributed by atoms with Crippen LogP contribution in [0, 0.1) is 5.82 Å². The lowest BCUT2D eigenvalue weighted by Gasteiger charge is -2.31. The van der Waals surface area contributed by atoms with E-state index in [0.717, 1.165) is 30.3 Å². The van der Waals surface area contributed by atoms with Gasteiger partial charge in [-0.05, 0) is 17.7 Å². The molecule has 0 fully saturated rings. The molecule has 5 heteroatoms. The van der Waals surface area contributed by atoms with Crippen molar-refractivity contribution in [1.29, 1.82) is 0 Å². The largest absolute Gasteiger partial charge is 0.425 e. The summed E-state index contributed by atoms with van der Waals surface area (Å²) in [6.07, 6.45) is -4.96. The predicted octanol–water partition coefficient (Wildman–Crippen LogP) is 3.62. The van der Waals surface area contributed by atoms with Crippen LogP contribution in [0.15, 0.2) is 54.6 Å². The molecule has 1 nitrogen and oxygen atoms in total. The molecule has 0 spiro atoms. The van der Waals surface area contributed by atoms with Crippen LogP contribution < -0.4 is 0 Å². The molecule has 1 unspecified atom stereocenters. The van der Waals surface area contributed by atoms with Gasteiger partial charge in [0.05, 0.1) is 0 Å². The number of hydrogen-bond acceptors (Lipinski definition) is 1. The standard InChI is InChI=1S/C14H10F4O/c15-12-8-4-7-11(9-12)13(19,14(16,17)18)10-5-2-1-3-6-10/h1-9,19H. The summed E-state index contributed by atoms with van der Waals surface area (Å²) >= 11 is 0. The molecule has 2 rings (SSSR count). The quantitative estimate of drug-likeness (QED) is 0.826. The van der Waals surface area contributed by atoms with Crippen LogP contribution in [-0.2, 0) is 5.60 Å². The molecule has 0 aliphatic carbocycles. The van der Waals surface area contributed by atoms with E-state index in [2.05, 4.69) is 0 Å². The Kier molecular flexibility index (Phi) is 3.32. The second kappa shape index (κ2) is 4.66. The zero-order valence-electron chi connectivity index (χ0n) is 9.66. The van der Waals surface area contributed by atoms with E-state index in [1.165, 1.54) is 18.2 Å². The van der Waals surface area contributed by atoms with Crippen LogP contribution in [0.5, 0.6) is 0 Å². The molecule has 0 saturated carbocycles.